The summed E-state index contributed by atoms with van der Waals surface area (Å²) in [4.78, 5) is 11.0. The van der Waals surface area contributed by atoms with Gasteiger partial charge in [0.25, 0.3) is 0 Å². The van der Waals surface area contributed by atoms with E-state index < -0.39 is 5.97 Å². The van der Waals surface area contributed by atoms with E-state index in [0.29, 0.717) is 5.69 Å². The normalized spacial score (nSPS) is 11.8. The number of hydrogen-bond donors (Lipinski definition) is 2. The maximum Gasteiger partial charge on any atom is 0.335 e. The van der Waals surface area contributed by atoms with Gasteiger partial charge < -0.3 is 10.2 Å². The average molecular weight is 449 g/mol. The van der Waals surface area contributed by atoms with Gasteiger partial charge in [-0.1, -0.05) is 56.9 Å². The lowest BCUT2D eigenvalue weighted by Crippen LogP contribution is -1.93. The topological polar surface area (TPSA) is 82.2 Å². The predicted octanol–water partition coefficient (Wildman–Crippen LogP) is 8.69. The number of rotatable bonds is 15. The summed E-state index contributed by atoms with van der Waals surface area (Å²) in [6.07, 6.45) is 20.3. The molecule has 0 heterocycles. The lowest BCUT2D eigenvalue weighted by Gasteiger charge is -2.06. The van der Waals surface area contributed by atoms with Crippen molar-refractivity contribution < 1.29 is 15.0 Å². The van der Waals surface area contributed by atoms with Crippen LogP contribution in [-0.2, 0) is 6.42 Å². The molecule has 0 amide bonds. The molecule has 0 aromatic heterocycles. The van der Waals surface area contributed by atoms with Crippen LogP contribution in [0.5, 0.6) is 5.75 Å². The van der Waals surface area contributed by atoms with Gasteiger partial charge in [-0.15, -0.1) is 0 Å². The highest BCUT2D eigenvalue weighted by molar-refractivity contribution is 5.87. The summed E-state index contributed by atoms with van der Waals surface area (Å²) < 4.78 is 0. The zero-order valence-electron chi connectivity index (χ0n) is 19.6. The highest BCUT2D eigenvalue weighted by Crippen LogP contribution is 2.28. The summed E-state index contributed by atoms with van der Waals surface area (Å²) in [6.45, 7) is 2.20. The summed E-state index contributed by atoms with van der Waals surface area (Å²) >= 11 is 0. The molecular formula is C28H36N2O3. The Labute approximate surface area is 197 Å². The molecule has 0 unspecified atom stereocenters. The summed E-state index contributed by atoms with van der Waals surface area (Å²) in [5.74, 6) is -0.739. The van der Waals surface area contributed by atoms with E-state index in [9.17, 15) is 9.90 Å². The van der Waals surface area contributed by atoms with Gasteiger partial charge in [-0.2, -0.15) is 10.2 Å². The molecule has 2 aromatic carbocycles. The fraction of sp³-hybridized carbons (Fsp3) is 0.393. The smallest absolute Gasteiger partial charge is 0.335 e. The molecule has 0 aliphatic rings. The summed E-state index contributed by atoms with van der Waals surface area (Å²) in [6, 6.07) is 11.4. The zero-order chi connectivity index (χ0) is 23.7. The van der Waals surface area contributed by atoms with Gasteiger partial charge in [0.1, 0.15) is 5.75 Å². The minimum Gasteiger partial charge on any atom is -0.508 e. The first-order valence-corrected chi connectivity index (χ1v) is 12.0. The van der Waals surface area contributed by atoms with Crippen molar-refractivity contribution in [2.75, 3.05) is 0 Å². The number of allylic oxidation sites excluding steroid dienone is 4. The molecule has 2 rings (SSSR count). The van der Waals surface area contributed by atoms with Crippen molar-refractivity contribution in [2.45, 2.75) is 71.1 Å². The molecule has 0 atom stereocenters. The number of carbonyl (C=O) groups is 1. The number of benzene rings is 2. The lowest BCUT2D eigenvalue weighted by molar-refractivity contribution is 0.0697. The molecule has 0 saturated carbocycles. The Balaban J connectivity index is 1.72. The molecule has 5 heteroatoms. The highest BCUT2D eigenvalue weighted by Gasteiger charge is 2.05. The molecule has 176 valence electrons. The third-order valence-corrected chi connectivity index (χ3v) is 5.33. The Bertz CT molecular complexity index is 931. The van der Waals surface area contributed by atoms with Crippen molar-refractivity contribution in [3.05, 3.63) is 77.9 Å². The van der Waals surface area contributed by atoms with Gasteiger partial charge in [0.2, 0.25) is 0 Å². The standard InChI is InChI=1S/C28H36N2O3/c1-2-3-4-5-6-7-8-9-10-11-12-13-14-15-24-22-26(31)20-21-27(24)30-29-25-18-16-23(17-19-25)28(32)33/h4-5,7-8,16-22,31H,2-3,6,9-15H2,1H3,(H,32,33). The van der Waals surface area contributed by atoms with E-state index in [4.69, 9.17) is 5.11 Å². The average Bonchev–Trinajstić information content (AvgIpc) is 2.81. The molecule has 0 fully saturated rings. The number of unbranched alkanes of at least 4 members (excludes halogenated alkanes) is 6. The van der Waals surface area contributed by atoms with Crippen LogP contribution in [0.4, 0.5) is 11.4 Å². The number of phenols is 1. The van der Waals surface area contributed by atoms with Crippen LogP contribution < -0.4 is 0 Å². The number of carboxylic acids is 1. The summed E-state index contributed by atoms with van der Waals surface area (Å²) in [5, 5.41) is 27.4. The van der Waals surface area contributed by atoms with E-state index in [1.54, 1.807) is 30.3 Å². The fourth-order valence-corrected chi connectivity index (χ4v) is 3.43. The van der Waals surface area contributed by atoms with Crippen molar-refractivity contribution in [1.82, 2.24) is 0 Å². The Hall–Kier alpha value is -3.21. The van der Waals surface area contributed by atoms with Crippen LogP contribution in [0.3, 0.4) is 0 Å². The first-order valence-electron chi connectivity index (χ1n) is 12.0. The molecule has 0 saturated heterocycles. The van der Waals surface area contributed by atoms with Crippen molar-refractivity contribution in [1.29, 1.82) is 0 Å². The fourth-order valence-electron chi connectivity index (χ4n) is 3.43. The van der Waals surface area contributed by atoms with E-state index in [0.717, 1.165) is 43.4 Å². The largest absolute Gasteiger partial charge is 0.508 e. The Morgan fingerprint density at radius 3 is 2.27 bits per heavy atom. The molecule has 0 bridgehead atoms. The second kappa shape index (κ2) is 15.6. The van der Waals surface area contributed by atoms with Gasteiger partial charge in [0.15, 0.2) is 0 Å². The van der Waals surface area contributed by atoms with Gasteiger partial charge in [0.05, 0.1) is 16.9 Å². The maximum atomic E-state index is 11.0. The number of nitrogens with zero attached hydrogens (tertiary/aromatic N) is 2. The van der Waals surface area contributed by atoms with E-state index in [-0.39, 0.29) is 11.3 Å². The van der Waals surface area contributed by atoms with E-state index in [1.165, 1.54) is 44.2 Å². The van der Waals surface area contributed by atoms with Crippen LogP contribution in [0.2, 0.25) is 0 Å². The van der Waals surface area contributed by atoms with Crippen LogP contribution in [0.1, 0.15) is 80.6 Å². The molecule has 33 heavy (non-hydrogen) atoms. The van der Waals surface area contributed by atoms with E-state index in [2.05, 4.69) is 41.5 Å². The Morgan fingerprint density at radius 2 is 1.55 bits per heavy atom. The second-order valence-electron chi connectivity index (χ2n) is 8.14. The minimum atomic E-state index is -0.967. The van der Waals surface area contributed by atoms with Gasteiger partial charge >= 0.3 is 5.97 Å². The van der Waals surface area contributed by atoms with E-state index >= 15 is 0 Å². The van der Waals surface area contributed by atoms with Crippen LogP contribution in [0.15, 0.2) is 77.0 Å². The number of hydrogen-bond acceptors (Lipinski definition) is 4. The van der Waals surface area contributed by atoms with Crippen molar-refractivity contribution in [3.8, 4) is 5.75 Å². The molecule has 0 spiro atoms. The number of azo groups is 1. The molecule has 2 aromatic rings. The van der Waals surface area contributed by atoms with Crippen LogP contribution in [-0.4, -0.2) is 16.2 Å². The van der Waals surface area contributed by atoms with Crippen molar-refractivity contribution in [2.24, 2.45) is 10.2 Å². The summed E-state index contributed by atoms with van der Waals surface area (Å²) in [7, 11) is 0. The number of carboxylic acid groups (broad SMARTS) is 1. The van der Waals surface area contributed by atoms with Crippen molar-refractivity contribution >= 4 is 17.3 Å². The van der Waals surface area contributed by atoms with Crippen LogP contribution in [0.25, 0.3) is 0 Å². The SMILES string of the molecule is CCCC=CCC=CCCCCCCCc1cc(O)ccc1N=Nc1ccc(C(=O)O)cc1. The Kier molecular flexibility index (Phi) is 12.3. The van der Waals surface area contributed by atoms with Gasteiger partial charge in [-0.3, -0.25) is 0 Å². The molecule has 0 radical (unpaired) electrons. The van der Waals surface area contributed by atoms with Crippen molar-refractivity contribution in [3.63, 3.8) is 0 Å². The zero-order valence-corrected chi connectivity index (χ0v) is 19.6. The third kappa shape index (κ3) is 10.8. The molecular weight excluding hydrogens is 412 g/mol. The van der Waals surface area contributed by atoms with Crippen LogP contribution >= 0.6 is 0 Å². The van der Waals surface area contributed by atoms with Gasteiger partial charge in [0, 0.05) is 0 Å². The monoisotopic (exact) mass is 448 g/mol. The first kappa shape index (κ1) is 26.0. The van der Waals surface area contributed by atoms with Gasteiger partial charge in [-0.05, 0) is 86.6 Å². The van der Waals surface area contributed by atoms with Crippen LogP contribution in [0, 0.1) is 0 Å². The second-order valence-corrected chi connectivity index (χ2v) is 8.14. The lowest BCUT2D eigenvalue weighted by atomic mass is 10.0. The minimum absolute atomic E-state index is 0.217. The summed E-state index contributed by atoms with van der Waals surface area (Å²) in [5.41, 5.74) is 2.51. The van der Waals surface area contributed by atoms with Gasteiger partial charge in [-0.25, -0.2) is 4.79 Å². The number of aromatic carboxylic acids is 1. The molecule has 0 aliphatic heterocycles. The number of aryl methyl sites for hydroxylation is 1. The molecule has 2 N–H and O–H groups in total. The first-order chi connectivity index (χ1) is 16.1. The Morgan fingerprint density at radius 1 is 0.848 bits per heavy atom. The third-order valence-electron chi connectivity index (χ3n) is 5.33. The number of phenolic OH excluding ortho intramolecular Hbond substituents is 1. The molecule has 5 nitrogen and oxygen atoms in total. The highest BCUT2D eigenvalue weighted by atomic mass is 16.4. The number of aromatic hydroxyl groups is 1. The van der Waals surface area contributed by atoms with E-state index in [1.807, 2.05) is 0 Å². The predicted molar refractivity (Wildman–Crippen MR) is 135 cm³/mol. The maximum absolute atomic E-state index is 11.0. The molecule has 0 aliphatic carbocycles. The quantitative estimate of drug-likeness (QED) is 0.162.